The van der Waals surface area contributed by atoms with E-state index in [2.05, 4.69) is 20.8 Å². The minimum Gasteiger partial charge on any atom is -0.339 e. The number of amides is 1. The molecule has 4 fully saturated rings. The Morgan fingerprint density at radius 3 is 2.26 bits per heavy atom. The summed E-state index contributed by atoms with van der Waals surface area (Å²) in [6.45, 7) is 0.925. The van der Waals surface area contributed by atoms with Gasteiger partial charge in [-0.3, -0.25) is 4.79 Å². The highest BCUT2D eigenvalue weighted by Gasteiger charge is 2.68. The number of alkyl halides is 1. The van der Waals surface area contributed by atoms with Crippen LogP contribution in [-0.2, 0) is 4.79 Å². The molecular weight excluding hydrogens is 302 g/mol. The minimum atomic E-state index is 0.436. The molecule has 3 heteroatoms. The Morgan fingerprint density at radius 1 is 1.05 bits per heavy atom. The fourth-order valence-electron chi connectivity index (χ4n) is 5.63. The van der Waals surface area contributed by atoms with Gasteiger partial charge in [0.05, 0.1) is 0 Å². The van der Waals surface area contributed by atoms with Crippen LogP contribution in [-0.4, -0.2) is 28.7 Å². The van der Waals surface area contributed by atoms with Crippen molar-refractivity contribution in [3.05, 3.63) is 0 Å². The second kappa shape index (κ2) is 4.75. The van der Waals surface area contributed by atoms with Gasteiger partial charge in [0.25, 0.3) is 0 Å². The molecule has 0 heterocycles. The third kappa shape index (κ3) is 1.91. The molecule has 4 rings (SSSR count). The molecule has 2 nitrogen and oxygen atoms in total. The van der Waals surface area contributed by atoms with Crippen LogP contribution in [0.5, 0.6) is 0 Å². The van der Waals surface area contributed by atoms with Gasteiger partial charge in [-0.25, -0.2) is 0 Å². The number of carbonyl (C=O) groups is 1. The van der Waals surface area contributed by atoms with E-state index in [0.29, 0.717) is 17.9 Å². The second-order valence-corrected chi connectivity index (χ2v) is 7.97. The Kier molecular flexibility index (Phi) is 3.17. The molecular formula is C16H24BrNO. The largest absolute Gasteiger partial charge is 0.339 e. The lowest BCUT2D eigenvalue weighted by Gasteiger charge is -2.29. The van der Waals surface area contributed by atoms with Gasteiger partial charge in [0.1, 0.15) is 0 Å². The van der Waals surface area contributed by atoms with E-state index in [1.54, 1.807) is 0 Å². The summed E-state index contributed by atoms with van der Waals surface area (Å²) in [7, 11) is 0. The average Bonchev–Trinajstić information content (AvgIpc) is 2.85. The third-order valence-corrected chi connectivity index (χ3v) is 6.75. The first-order chi connectivity index (χ1) is 9.31. The molecule has 1 amide bonds. The van der Waals surface area contributed by atoms with E-state index >= 15 is 0 Å². The molecule has 4 saturated carbocycles. The van der Waals surface area contributed by atoms with Crippen LogP contribution in [0.15, 0.2) is 0 Å². The van der Waals surface area contributed by atoms with E-state index in [9.17, 15) is 4.79 Å². The summed E-state index contributed by atoms with van der Waals surface area (Å²) in [6.07, 6.45) is 9.40. The first kappa shape index (κ1) is 12.7. The average molecular weight is 326 g/mol. The second-order valence-electron chi connectivity index (χ2n) is 7.17. The molecule has 4 aliphatic carbocycles. The molecule has 4 aliphatic rings. The molecule has 4 unspecified atom stereocenters. The first-order valence-corrected chi connectivity index (χ1v) is 9.30. The van der Waals surface area contributed by atoms with Gasteiger partial charge in [0, 0.05) is 23.8 Å². The molecule has 19 heavy (non-hydrogen) atoms. The van der Waals surface area contributed by atoms with Crippen molar-refractivity contribution in [3.63, 3.8) is 0 Å². The monoisotopic (exact) mass is 325 g/mol. The van der Waals surface area contributed by atoms with Crippen LogP contribution < -0.4 is 0 Å². The summed E-state index contributed by atoms with van der Waals surface area (Å²) in [5.41, 5.74) is 0. The number of hydrogen-bond donors (Lipinski definition) is 0. The number of carbonyl (C=O) groups excluding carboxylic acids is 1. The molecule has 0 aliphatic heterocycles. The molecule has 0 saturated heterocycles. The lowest BCUT2D eigenvalue weighted by atomic mass is 10.0. The SMILES string of the molecule is O=C(C1C2C3CCC(C3)C12)N(CCBr)C1CCCC1. The van der Waals surface area contributed by atoms with Gasteiger partial charge in [0.15, 0.2) is 0 Å². The molecule has 0 N–H and O–H groups in total. The fraction of sp³-hybridized carbons (Fsp3) is 0.938. The van der Waals surface area contributed by atoms with Crippen LogP contribution >= 0.6 is 15.9 Å². The van der Waals surface area contributed by atoms with E-state index < -0.39 is 0 Å². The molecule has 106 valence electrons. The summed E-state index contributed by atoms with van der Waals surface area (Å²) in [5, 5.41) is 0.935. The van der Waals surface area contributed by atoms with Crippen LogP contribution in [0, 0.1) is 29.6 Å². The maximum atomic E-state index is 12.9. The van der Waals surface area contributed by atoms with Crippen molar-refractivity contribution in [2.75, 3.05) is 11.9 Å². The van der Waals surface area contributed by atoms with Crippen LogP contribution in [0.2, 0.25) is 0 Å². The Morgan fingerprint density at radius 2 is 1.68 bits per heavy atom. The van der Waals surface area contributed by atoms with Crippen LogP contribution in [0.3, 0.4) is 0 Å². The zero-order chi connectivity index (χ0) is 13.0. The number of fused-ring (bicyclic) bond motifs is 5. The zero-order valence-corrected chi connectivity index (χ0v) is 13.1. The first-order valence-electron chi connectivity index (χ1n) is 8.17. The predicted octanol–water partition coefficient (Wildman–Crippen LogP) is 3.44. The topological polar surface area (TPSA) is 20.3 Å². The van der Waals surface area contributed by atoms with Gasteiger partial charge < -0.3 is 4.90 Å². The Hall–Kier alpha value is -0.0500. The molecule has 0 aromatic heterocycles. The van der Waals surface area contributed by atoms with E-state index in [1.165, 1.54) is 44.9 Å². The number of halogens is 1. The molecule has 0 aromatic carbocycles. The van der Waals surface area contributed by atoms with Crippen molar-refractivity contribution in [1.82, 2.24) is 4.90 Å². The maximum absolute atomic E-state index is 12.9. The van der Waals surface area contributed by atoms with Crippen LogP contribution in [0.4, 0.5) is 0 Å². The summed E-state index contributed by atoms with van der Waals surface area (Å²) >= 11 is 3.54. The van der Waals surface area contributed by atoms with Crippen LogP contribution in [0.25, 0.3) is 0 Å². The molecule has 4 atom stereocenters. The molecule has 0 radical (unpaired) electrons. The quantitative estimate of drug-likeness (QED) is 0.725. The Bertz CT molecular complexity index is 363. The van der Waals surface area contributed by atoms with E-state index in [0.717, 1.165) is 35.5 Å². The van der Waals surface area contributed by atoms with Crippen molar-refractivity contribution in [3.8, 4) is 0 Å². The van der Waals surface area contributed by atoms with Gasteiger partial charge in [-0.1, -0.05) is 28.8 Å². The standard InChI is InChI=1S/C16H24BrNO/c17-7-8-18(12-3-1-2-4-12)16(19)15-13-10-5-6-11(9-10)14(13)15/h10-15H,1-9H2. The summed E-state index contributed by atoms with van der Waals surface area (Å²) < 4.78 is 0. The predicted molar refractivity (Wildman–Crippen MR) is 79.1 cm³/mol. The lowest BCUT2D eigenvalue weighted by Crippen LogP contribution is -2.42. The van der Waals surface area contributed by atoms with Crippen molar-refractivity contribution < 1.29 is 4.79 Å². The van der Waals surface area contributed by atoms with Gasteiger partial charge in [-0.05, 0) is 55.8 Å². The Balaban J connectivity index is 1.47. The van der Waals surface area contributed by atoms with Crippen LogP contribution in [0.1, 0.15) is 44.9 Å². The van der Waals surface area contributed by atoms with Crippen molar-refractivity contribution in [2.45, 2.75) is 51.0 Å². The van der Waals surface area contributed by atoms with Gasteiger partial charge >= 0.3 is 0 Å². The van der Waals surface area contributed by atoms with Crippen molar-refractivity contribution >= 4 is 21.8 Å². The summed E-state index contributed by atoms with van der Waals surface area (Å²) in [4.78, 5) is 15.2. The number of nitrogens with zero attached hydrogens (tertiary/aromatic N) is 1. The summed E-state index contributed by atoms with van der Waals surface area (Å²) in [6, 6.07) is 0.559. The minimum absolute atomic E-state index is 0.436. The number of rotatable bonds is 4. The smallest absolute Gasteiger partial charge is 0.226 e. The van der Waals surface area contributed by atoms with E-state index in [-0.39, 0.29) is 0 Å². The van der Waals surface area contributed by atoms with Gasteiger partial charge in [-0.2, -0.15) is 0 Å². The zero-order valence-electron chi connectivity index (χ0n) is 11.6. The van der Waals surface area contributed by atoms with E-state index in [4.69, 9.17) is 0 Å². The Labute approximate surface area is 124 Å². The normalized spacial score (nSPS) is 43.5. The van der Waals surface area contributed by atoms with Crippen molar-refractivity contribution in [2.24, 2.45) is 29.6 Å². The molecule has 0 aromatic rings. The number of hydrogen-bond acceptors (Lipinski definition) is 1. The van der Waals surface area contributed by atoms with E-state index in [1.807, 2.05) is 0 Å². The summed E-state index contributed by atoms with van der Waals surface area (Å²) in [5.74, 6) is 4.39. The highest BCUT2D eigenvalue weighted by Crippen LogP contribution is 2.69. The maximum Gasteiger partial charge on any atom is 0.226 e. The highest BCUT2D eigenvalue weighted by atomic mass is 79.9. The molecule has 2 bridgehead atoms. The molecule has 0 spiro atoms. The highest BCUT2D eigenvalue weighted by molar-refractivity contribution is 9.09. The fourth-order valence-corrected chi connectivity index (χ4v) is 6.01. The van der Waals surface area contributed by atoms with Gasteiger partial charge in [-0.15, -0.1) is 0 Å². The van der Waals surface area contributed by atoms with Gasteiger partial charge in [0.2, 0.25) is 5.91 Å². The van der Waals surface area contributed by atoms with Crippen molar-refractivity contribution in [1.29, 1.82) is 0 Å². The lowest BCUT2D eigenvalue weighted by molar-refractivity contribution is -0.135. The third-order valence-electron chi connectivity index (χ3n) is 6.39.